The van der Waals surface area contributed by atoms with Crippen molar-refractivity contribution in [2.45, 2.75) is 5.92 Å². The zero-order valence-corrected chi connectivity index (χ0v) is 8.83. The topological polar surface area (TPSA) is 16.1 Å². The maximum Gasteiger partial charge on any atom is 0.282 e. The van der Waals surface area contributed by atoms with E-state index in [0.29, 0.717) is 5.82 Å². The molecule has 0 saturated carbocycles. The highest BCUT2D eigenvalue weighted by atomic mass is 127. The van der Waals surface area contributed by atoms with Crippen LogP contribution in [0, 0.1) is 3.70 Å². The lowest BCUT2D eigenvalue weighted by Crippen LogP contribution is -2.56. The molecule has 0 spiro atoms. The Balaban J connectivity index is 2.11. The van der Waals surface area contributed by atoms with Crippen molar-refractivity contribution < 1.29 is 8.78 Å². The molecule has 0 bridgehead atoms. The molecule has 13 heavy (non-hydrogen) atoms. The lowest BCUT2D eigenvalue weighted by atomic mass is 10.1. The average Bonchev–Trinajstić information content (AvgIpc) is 2.00. The standard InChI is InChI=1S/C8H7F2IN2/c9-8(10)4-13(5-8)7-3-1-2-6(11)12-7/h1-3H,4-5H2. The summed E-state index contributed by atoms with van der Waals surface area (Å²) in [5.74, 6) is -1.89. The van der Waals surface area contributed by atoms with Gasteiger partial charge in [-0.15, -0.1) is 0 Å². The zero-order chi connectivity index (χ0) is 9.47. The van der Waals surface area contributed by atoms with Crippen molar-refractivity contribution in [3.05, 3.63) is 21.9 Å². The van der Waals surface area contributed by atoms with Gasteiger partial charge in [0.25, 0.3) is 5.92 Å². The van der Waals surface area contributed by atoms with Gasteiger partial charge in [-0.25, -0.2) is 13.8 Å². The van der Waals surface area contributed by atoms with Crippen molar-refractivity contribution in [1.29, 1.82) is 0 Å². The van der Waals surface area contributed by atoms with E-state index in [4.69, 9.17) is 0 Å². The first-order chi connectivity index (χ1) is 6.07. The third-order valence-corrected chi connectivity index (χ3v) is 2.47. The summed E-state index contributed by atoms with van der Waals surface area (Å²) >= 11 is 2.06. The molecule has 0 N–H and O–H groups in total. The summed E-state index contributed by atoms with van der Waals surface area (Å²) in [5.41, 5.74) is 0. The highest BCUT2D eigenvalue weighted by molar-refractivity contribution is 14.1. The molecule has 2 nitrogen and oxygen atoms in total. The van der Waals surface area contributed by atoms with Crippen LogP contribution in [0.4, 0.5) is 14.6 Å². The van der Waals surface area contributed by atoms with Gasteiger partial charge in [-0.1, -0.05) is 6.07 Å². The van der Waals surface area contributed by atoms with Crippen molar-refractivity contribution in [3.63, 3.8) is 0 Å². The Hall–Kier alpha value is -0.460. The minimum absolute atomic E-state index is 0.208. The van der Waals surface area contributed by atoms with Crippen molar-refractivity contribution in [2.24, 2.45) is 0 Å². The molecule has 2 rings (SSSR count). The molecule has 0 atom stereocenters. The van der Waals surface area contributed by atoms with Crippen LogP contribution >= 0.6 is 22.6 Å². The fourth-order valence-electron chi connectivity index (χ4n) is 1.25. The highest BCUT2D eigenvalue weighted by Crippen LogP contribution is 2.30. The second-order valence-electron chi connectivity index (χ2n) is 3.03. The Kier molecular flexibility index (Phi) is 2.13. The molecular formula is C8H7F2IN2. The maximum absolute atomic E-state index is 12.5. The highest BCUT2D eigenvalue weighted by Gasteiger charge is 2.44. The van der Waals surface area contributed by atoms with Gasteiger partial charge in [0.05, 0.1) is 13.1 Å². The number of rotatable bonds is 1. The Bertz CT molecular complexity index is 322. The Morgan fingerprint density at radius 1 is 1.38 bits per heavy atom. The van der Waals surface area contributed by atoms with Gasteiger partial charge >= 0.3 is 0 Å². The Labute approximate surface area is 88.1 Å². The molecule has 0 aliphatic carbocycles. The van der Waals surface area contributed by atoms with E-state index in [1.54, 1.807) is 11.0 Å². The molecule has 0 amide bonds. The quantitative estimate of drug-likeness (QED) is 0.583. The third kappa shape index (κ3) is 1.90. The van der Waals surface area contributed by atoms with Crippen LogP contribution in [0.25, 0.3) is 0 Å². The summed E-state index contributed by atoms with van der Waals surface area (Å²) in [7, 11) is 0. The van der Waals surface area contributed by atoms with Crippen LogP contribution in [0.15, 0.2) is 18.2 Å². The molecule has 0 unspecified atom stereocenters. The molecule has 1 aliphatic rings. The first-order valence-electron chi connectivity index (χ1n) is 3.82. The number of hydrogen-bond donors (Lipinski definition) is 0. The molecule has 1 aromatic rings. The zero-order valence-electron chi connectivity index (χ0n) is 6.67. The van der Waals surface area contributed by atoms with Gasteiger partial charge in [0.1, 0.15) is 9.52 Å². The van der Waals surface area contributed by atoms with E-state index >= 15 is 0 Å². The summed E-state index contributed by atoms with van der Waals surface area (Å²) in [6.07, 6.45) is 0. The first-order valence-corrected chi connectivity index (χ1v) is 4.90. The van der Waals surface area contributed by atoms with Gasteiger partial charge in [0.2, 0.25) is 0 Å². The first kappa shape index (κ1) is 9.11. The molecule has 1 saturated heterocycles. The van der Waals surface area contributed by atoms with E-state index in [0.717, 1.165) is 3.70 Å². The van der Waals surface area contributed by atoms with Gasteiger partial charge in [-0.3, -0.25) is 0 Å². The van der Waals surface area contributed by atoms with E-state index in [1.165, 1.54) is 0 Å². The minimum Gasteiger partial charge on any atom is -0.344 e. The van der Waals surface area contributed by atoms with Crippen LogP contribution < -0.4 is 4.90 Å². The summed E-state index contributed by atoms with van der Waals surface area (Å²) < 4.78 is 25.8. The Morgan fingerprint density at radius 3 is 2.62 bits per heavy atom. The molecule has 0 radical (unpaired) electrons. The number of hydrogen-bond acceptors (Lipinski definition) is 2. The molecule has 1 fully saturated rings. The molecule has 2 heterocycles. The van der Waals surface area contributed by atoms with Gasteiger partial charge < -0.3 is 4.90 Å². The van der Waals surface area contributed by atoms with Crippen LogP contribution in [0.5, 0.6) is 0 Å². The summed E-state index contributed by atoms with van der Waals surface area (Å²) in [6, 6.07) is 5.40. The predicted octanol–water partition coefficient (Wildman–Crippen LogP) is 2.14. The SMILES string of the molecule is FC1(F)CN(c2cccc(I)n2)C1. The van der Waals surface area contributed by atoms with Crippen molar-refractivity contribution in [2.75, 3.05) is 18.0 Å². The van der Waals surface area contributed by atoms with Crippen LogP contribution in [0.3, 0.4) is 0 Å². The lowest BCUT2D eigenvalue weighted by Gasteiger charge is -2.39. The Morgan fingerprint density at radius 2 is 2.08 bits per heavy atom. The number of alkyl halides is 2. The lowest BCUT2D eigenvalue weighted by molar-refractivity contribution is -0.0267. The van der Waals surface area contributed by atoms with Crippen LogP contribution in [-0.4, -0.2) is 24.0 Å². The van der Waals surface area contributed by atoms with Crippen LogP contribution in [0.1, 0.15) is 0 Å². The van der Waals surface area contributed by atoms with E-state index < -0.39 is 5.92 Å². The van der Waals surface area contributed by atoms with Gasteiger partial charge in [0.15, 0.2) is 0 Å². The predicted molar refractivity (Wildman–Crippen MR) is 54.1 cm³/mol. The molecule has 70 valence electrons. The summed E-state index contributed by atoms with van der Waals surface area (Å²) in [5, 5.41) is 0. The average molecular weight is 296 g/mol. The third-order valence-electron chi connectivity index (χ3n) is 1.87. The molecule has 5 heteroatoms. The molecule has 1 aromatic heterocycles. The number of pyridine rings is 1. The summed E-state index contributed by atoms with van der Waals surface area (Å²) in [4.78, 5) is 5.71. The largest absolute Gasteiger partial charge is 0.344 e. The van der Waals surface area contributed by atoms with E-state index in [-0.39, 0.29) is 13.1 Å². The number of aromatic nitrogens is 1. The fourth-order valence-corrected chi connectivity index (χ4v) is 1.70. The smallest absolute Gasteiger partial charge is 0.282 e. The second-order valence-corrected chi connectivity index (χ2v) is 4.14. The maximum atomic E-state index is 12.5. The van der Waals surface area contributed by atoms with Gasteiger partial charge in [-0.2, -0.15) is 0 Å². The fraction of sp³-hybridized carbons (Fsp3) is 0.375. The van der Waals surface area contributed by atoms with Crippen molar-refractivity contribution >= 4 is 28.4 Å². The van der Waals surface area contributed by atoms with Crippen LogP contribution in [0.2, 0.25) is 0 Å². The molecule has 0 aromatic carbocycles. The van der Waals surface area contributed by atoms with E-state index in [1.807, 2.05) is 12.1 Å². The van der Waals surface area contributed by atoms with Gasteiger partial charge in [-0.05, 0) is 34.7 Å². The van der Waals surface area contributed by atoms with Gasteiger partial charge in [0, 0.05) is 0 Å². The molecular weight excluding hydrogens is 289 g/mol. The minimum atomic E-state index is -2.52. The van der Waals surface area contributed by atoms with Crippen molar-refractivity contribution in [3.8, 4) is 0 Å². The molecule has 1 aliphatic heterocycles. The normalized spacial score (nSPS) is 19.8. The summed E-state index contributed by atoms with van der Waals surface area (Å²) in [6.45, 7) is -0.416. The van der Waals surface area contributed by atoms with Crippen LogP contribution in [-0.2, 0) is 0 Å². The number of nitrogens with zero attached hydrogens (tertiary/aromatic N) is 2. The van der Waals surface area contributed by atoms with E-state index in [2.05, 4.69) is 27.6 Å². The van der Waals surface area contributed by atoms with Crippen molar-refractivity contribution in [1.82, 2.24) is 4.98 Å². The number of halogens is 3. The van der Waals surface area contributed by atoms with E-state index in [9.17, 15) is 8.78 Å². The number of anilines is 1. The monoisotopic (exact) mass is 296 g/mol. The second kappa shape index (κ2) is 3.04.